The maximum absolute atomic E-state index is 13.8. The predicted molar refractivity (Wildman–Crippen MR) is 81.4 cm³/mol. The summed E-state index contributed by atoms with van der Waals surface area (Å²) in [6, 6.07) is 12.7. The van der Waals surface area contributed by atoms with E-state index in [-0.39, 0.29) is 5.82 Å². The zero-order valence-corrected chi connectivity index (χ0v) is 12.4. The first kappa shape index (κ1) is 13.1. The van der Waals surface area contributed by atoms with Gasteiger partial charge in [0.25, 0.3) is 0 Å². The van der Waals surface area contributed by atoms with Crippen LogP contribution in [0.4, 0.5) is 4.39 Å². The summed E-state index contributed by atoms with van der Waals surface area (Å²) in [6.07, 6.45) is 3.52. The fraction of sp³-hybridized carbons (Fsp3) is 0.0625. The Morgan fingerprint density at radius 3 is 2.70 bits per heavy atom. The third-order valence-corrected chi connectivity index (χ3v) is 3.67. The van der Waals surface area contributed by atoms with Gasteiger partial charge in [-0.1, -0.05) is 34.1 Å². The number of aryl methyl sites for hydroxylation is 1. The molecular formula is C16H12BrFN2. The van der Waals surface area contributed by atoms with Crippen molar-refractivity contribution in [1.29, 1.82) is 0 Å². The van der Waals surface area contributed by atoms with Crippen molar-refractivity contribution in [2.75, 3.05) is 0 Å². The van der Waals surface area contributed by atoms with Gasteiger partial charge in [0.2, 0.25) is 0 Å². The molecule has 3 aromatic rings. The fourth-order valence-corrected chi connectivity index (χ4v) is 2.64. The van der Waals surface area contributed by atoms with E-state index in [0.717, 1.165) is 21.3 Å². The van der Waals surface area contributed by atoms with Crippen molar-refractivity contribution < 1.29 is 4.39 Å². The van der Waals surface area contributed by atoms with Crippen molar-refractivity contribution >= 4 is 15.9 Å². The Labute approximate surface area is 125 Å². The van der Waals surface area contributed by atoms with Gasteiger partial charge in [0, 0.05) is 21.8 Å². The molecule has 100 valence electrons. The highest BCUT2D eigenvalue weighted by Crippen LogP contribution is 2.24. The van der Waals surface area contributed by atoms with Gasteiger partial charge in [-0.3, -0.25) is 0 Å². The maximum atomic E-state index is 13.8. The molecule has 0 aliphatic heterocycles. The molecule has 2 aromatic carbocycles. The summed E-state index contributed by atoms with van der Waals surface area (Å²) in [5, 5.41) is 4.33. The van der Waals surface area contributed by atoms with Gasteiger partial charge in [-0.15, -0.1) is 0 Å². The molecule has 4 heteroatoms. The Hall–Kier alpha value is -1.94. The van der Waals surface area contributed by atoms with Gasteiger partial charge in [0.1, 0.15) is 5.82 Å². The van der Waals surface area contributed by atoms with Gasteiger partial charge in [-0.2, -0.15) is 5.10 Å². The zero-order valence-electron chi connectivity index (χ0n) is 10.8. The first-order valence-corrected chi connectivity index (χ1v) is 7.00. The van der Waals surface area contributed by atoms with E-state index in [4.69, 9.17) is 0 Å². The van der Waals surface area contributed by atoms with Crippen molar-refractivity contribution in [3.05, 3.63) is 70.7 Å². The minimum Gasteiger partial charge on any atom is -0.240 e. The monoisotopic (exact) mass is 330 g/mol. The van der Waals surface area contributed by atoms with Crippen LogP contribution in [0, 0.1) is 12.7 Å². The molecule has 3 rings (SSSR count). The molecule has 0 atom stereocenters. The summed E-state index contributed by atoms with van der Waals surface area (Å²) in [5.74, 6) is -0.237. The molecule has 20 heavy (non-hydrogen) atoms. The smallest absolute Gasteiger partial charge is 0.131 e. The third-order valence-electron chi connectivity index (χ3n) is 3.17. The number of hydrogen-bond donors (Lipinski definition) is 0. The Balaban J connectivity index is 2.04. The number of aromatic nitrogens is 2. The lowest BCUT2D eigenvalue weighted by molar-refractivity contribution is 0.631. The van der Waals surface area contributed by atoms with Crippen LogP contribution in [-0.4, -0.2) is 9.78 Å². The van der Waals surface area contributed by atoms with Crippen molar-refractivity contribution in [1.82, 2.24) is 9.78 Å². The SMILES string of the molecule is Cc1cc(Br)ccc1-n1cc(-c2ccccc2F)cn1. The summed E-state index contributed by atoms with van der Waals surface area (Å²) < 4.78 is 16.6. The van der Waals surface area contributed by atoms with Crippen LogP contribution < -0.4 is 0 Å². The fourth-order valence-electron chi connectivity index (χ4n) is 2.16. The predicted octanol–water partition coefficient (Wildman–Crippen LogP) is 4.75. The molecule has 0 aliphatic rings. The molecular weight excluding hydrogens is 319 g/mol. The number of halogens is 2. The molecule has 0 radical (unpaired) electrons. The second kappa shape index (κ2) is 5.21. The molecule has 0 bridgehead atoms. The van der Waals surface area contributed by atoms with Crippen molar-refractivity contribution in [3.8, 4) is 16.8 Å². The minimum atomic E-state index is -0.237. The van der Waals surface area contributed by atoms with E-state index in [1.165, 1.54) is 6.07 Å². The highest BCUT2D eigenvalue weighted by Gasteiger charge is 2.08. The van der Waals surface area contributed by atoms with Crippen molar-refractivity contribution in [2.24, 2.45) is 0 Å². The van der Waals surface area contributed by atoms with Crippen LogP contribution in [0.2, 0.25) is 0 Å². The topological polar surface area (TPSA) is 17.8 Å². The zero-order chi connectivity index (χ0) is 14.1. The Morgan fingerprint density at radius 2 is 1.95 bits per heavy atom. The number of benzene rings is 2. The summed E-state index contributed by atoms with van der Waals surface area (Å²) in [5.41, 5.74) is 3.41. The second-order valence-electron chi connectivity index (χ2n) is 4.58. The largest absolute Gasteiger partial charge is 0.240 e. The van der Waals surface area contributed by atoms with Crippen LogP contribution in [0.25, 0.3) is 16.8 Å². The highest BCUT2D eigenvalue weighted by atomic mass is 79.9. The van der Waals surface area contributed by atoms with Gasteiger partial charge in [-0.05, 0) is 36.8 Å². The summed E-state index contributed by atoms with van der Waals surface area (Å²) in [7, 11) is 0. The van der Waals surface area contributed by atoms with Gasteiger partial charge in [-0.25, -0.2) is 9.07 Å². The molecule has 0 N–H and O–H groups in total. The molecule has 0 fully saturated rings. The van der Waals surface area contributed by atoms with E-state index < -0.39 is 0 Å². The van der Waals surface area contributed by atoms with Crippen LogP contribution in [0.15, 0.2) is 59.3 Å². The van der Waals surface area contributed by atoms with Crippen LogP contribution in [0.5, 0.6) is 0 Å². The average Bonchev–Trinajstić information content (AvgIpc) is 2.88. The molecule has 0 aliphatic carbocycles. The first-order valence-electron chi connectivity index (χ1n) is 6.21. The van der Waals surface area contributed by atoms with E-state index in [9.17, 15) is 4.39 Å². The molecule has 0 spiro atoms. The van der Waals surface area contributed by atoms with Crippen molar-refractivity contribution in [2.45, 2.75) is 6.92 Å². The van der Waals surface area contributed by atoms with E-state index in [1.54, 1.807) is 23.0 Å². The quantitative estimate of drug-likeness (QED) is 0.663. The van der Waals surface area contributed by atoms with Gasteiger partial charge < -0.3 is 0 Å². The lowest BCUT2D eigenvalue weighted by Gasteiger charge is -2.06. The molecule has 1 aromatic heterocycles. The Morgan fingerprint density at radius 1 is 1.15 bits per heavy atom. The second-order valence-corrected chi connectivity index (χ2v) is 5.50. The van der Waals surface area contributed by atoms with E-state index >= 15 is 0 Å². The van der Waals surface area contributed by atoms with Gasteiger partial charge >= 0.3 is 0 Å². The van der Waals surface area contributed by atoms with Gasteiger partial charge in [0.15, 0.2) is 0 Å². The van der Waals surface area contributed by atoms with Crippen LogP contribution >= 0.6 is 15.9 Å². The molecule has 0 unspecified atom stereocenters. The van der Waals surface area contributed by atoms with Crippen molar-refractivity contribution in [3.63, 3.8) is 0 Å². The van der Waals surface area contributed by atoms with Gasteiger partial charge in [0.05, 0.1) is 11.9 Å². The molecule has 2 nitrogen and oxygen atoms in total. The third kappa shape index (κ3) is 2.39. The summed E-state index contributed by atoms with van der Waals surface area (Å²) in [4.78, 5) is 0. The molecule has 1 heterocycles. The summed E-state index contributed by atoms with van der Waals surface area (Å²) in [6.45, 7) is 2.02. The van der Waals surface area contributed by atoms with Crippen LogP contribution in [0.3, 0.4) is 0 Å². The number of nitrogens with zero attached hydrogens (tertiary/aromatic N) is 2. The van der Waals surface area contributed by atoms with Crippen LogP contribution in [0.1, 0.15) is 5.56 Å². The van der Waals surface area contributed by atoms with E-state index in [2.05, 4.69) is 21.0 Å². The first-order chi connectivity index (χ1) is 9.65. The summed E-state index contributed by atoms with van der Waals surface area (Å²) >= 11 is 3.44. The number of hydrogen-bond acceptors (Lipinski definition) is 1. The lowest BCUT2D eigenvalue weighted by atomic mass is 10.1. The lowest BCUT2D eigenvalue weighted by Crippen LogP contribution is -1.96. The van der Waals surface area contributed by atoms with Crippen LogP contribution in [-0.2, 0) is 0 Å². The number of rotatable bonds is 2. The standard InChI is InChI=1S/C16H12BrFN2/c1-11-8-13(17)6-7-16(11)20-10-12(9-19-20)14-4-2-3-5-15(14)18/h2-10H,1H3. The Bertz CT molecular complexity index is 765. The molecule has 0 amide bonds. The maximum Gasteiger partial charge on any atom is 0.131 e. The molecule has 0 saturated heterocycles. The molecule has 0 saturated carbocycles. The van der Waals surface area contributed by atoms with E-state index in [1.807, 2.05) is 37.4 Å². The minimum absolute atomic E-state index is 0.237. The normalized spacial score (nSPS) is 10.8. The highest BCUT2D eigenvalue weighted by molar-refractivity contribution is 9.10. The van der Waals surface area contributed by atoms with E-state index in [0.29, 0.717) is 5.56 Å². The average molecular weight is 331 g/mol. The Kier molecular flexibility index (Phi) is 3.40.